The van der Waals surface area contributed by atoms with Crippen molar-refractivity contribution in [2.45, 2.75) is 37.8 Å². The highest BCUT2D eigenvalue weighted by Gasteiger charge is 2.36. The van der Waals surface area contributed by atoms with Crippen LogP contribution in [0.3, 0.4) is 0 Å². The van der Waals surface area contributed by atoms with Gasteiger partial charge >= 0.3 is 5.97 Å². The molecule has 2 saturated heterocycles. The van der Waals surface area contributed by atoms with Gasteiger partial charge in [-0.1, -0.05) is 0 Å². The Morgan fingerprint density at radius 1 is 1.37 bits per heavy atom. The quantitative estimate of drug-likeness (QED) is 0.645. The molecule has 2 aliphatic heterocycles. The van der Waals surface area contributed by atoms with Crippen molar-refractivity contribution in [1.82, 2.24) is 10.2 Å². The standard InChI is InChI=1S/C12H18N2O5/c15-10-7-9(12(18)13-10)14-4-1-8(2-5-14)19-6-3-11(16)17/h8-9H,1-7H2,(H,16,17)(H,13,15,18). The zero-order valence-electron chi connectivity index (χ0n) is 10.6. The van der Waals surface area contributed by atoms with E-state index in [0.717, 1.165) is 12.8 Å². The fraction of sp³-hybridized carbons (Fsp3) is 0.750. The van der Waals surface area contributed by atoms with Crippen LogP contribution in [0.1, 0.15) is 25.7 Å². The number of piperidine rings is 1. The minimum absolute atomic E-state index is 0.0136. The van der Waals surface area contributed by atoms with Crippen LogP contribution in [0, 0.1) is 0 Å². The molecule has 19 heavy (non-hydrogen) atoms. The van der Waals surface area contributed by atoms with Gasteiger partial charge in [0.1, 0.15) is 0 Å². The predicted octanol–water partition coefficient (Wildman–Crippen LogP) is -0.643. The smallest absolute Gasteiger partial charge is 0.305 e. The van der Waals surface area contributed by atoms with Gasteiger partial charge in [0.05, 0.1) is 31.6 Å². The van der Waals surface area contributed by atoms with Crippen molar-refractivity contribution in [3.63, 3.8) is 0 Å². The number of imide groups is 1. The van der Waals surface area contributed by atoms with Crippen LogP contribution in [-0.2, 0) is 19.1 Å². The number of amides is 2. The maximum Gasteiger partial charge on any atom is 0.305 e. The van der Waals surface area contributed by atoms with Gasteiger partial charge in [-0.15, -0.1) is 0 Å². The van der Waals surface area contributed by atoms with E-state index in [9.17, 15) is 14.4 Å². The first-order chi connectivity index (χ1) is 9.06. The molecule has 0 aromatic heterocycles. The van der Waals surface area contributed by atoms with Crippen LogP contribution < -0.4 is 5.32 Å². The first-order valence-corrected chi connectivity index (χ1v) is 6.47. The molecule has 0 radical (unpaired) electrons. The van der Waals surface area contributed by atoms with Crippen molar-refractivity contribution in [3.8, 4) is 0 Å². The Hall–Kier alpha value is -1.47. The number of likely N-dealkylation sites (tertiary alicyclic amines) is 1. The molecule has 0 bridgehead atoms. The fourth-order valence-corrected chi connectivity index (χ4v) is 2.50. The Morgan fingerprint density at radius 2 is 2.05 bits per heavy atom. The van der Waals surface area contributed by atoms with E-state index in [1.807, 2.05) is 4.90 Å². The largest absolute Gasteiger partial charge is 0.481 e. The second-order valence-electron chi connectivity index (χ2n) is 4.88. The topological polar surface area (TPSA) is 95.9 Å². The second-order valence-corrected chi connectivity index (χ2v) is 4.88. The molecule has 7 nitrogen and oxygen atoms in total. The van der Waals surface area contributed by atoms with Gasteiger partial charge in [0, 0.05) is 13.1 Å². The summed E-state index contributed by atoms with van der Waals surface area (Å²) >= 11 is 0. The molecule has 7 heteroatoms. The van der Waals surface area contributed by atoms with Crippen LogP contribution in [-0.4, -0.2) is 59.6 Å². The van der Waals surface area contributed by atoms with Crippen LogP contribution in [0.25, 0.3) is 0 Å². The molecule has 0 aromatic carbocycles. The monoisotopic (exact) mass is 270 g/mol. The minimum Gasteiger partial charge on any atom is -0.481 e. The number of aliphatic carboxylic acids is 1. The van der Waals surface area contributed by atoms with Crippen molar-refractivity contribution < 1.29 is 24.2 Å². The van der Waals surface area contributed by atoms with Crippen LogP contribution in [0.15, 0.2) is 0 Å². The van der Waals surface area contributed by atoms with Crippen molar-refractivity contribution >= 4 is 17.8 Å². The van der Waals surface area contributed by atoms with Crippen LogP contribution >= 0.6 is 0 Å². The van der Waals surface area contributed by atoms with Crippen molar-refractivity contribution in [2.75, 3.05) is 19.7 Å². The first-order valence-electron chi connectivity index (χ1n) is 6.47. The van der Waals surface area contributed by atoms with Crippen molar-refractivity contribution in [1.29, 1.82) is 0 Å². The number of carboxylic acid groups (broad SMARTS) is 1. The molecule has 106 valence electrons. The molecule has 0 aromatic rings. The predicted molar refractivity (Wildman–Crippen MR) is 64.4 cm³/mol. The summed E-state index contributed by atoms with van der Waals surface area (Å²) in [7, 11) is 0. The number of nitrogens with one attached hydrogen (secondary N) is 1. The third kappa shape index (κ3) is 3.74. The number of hydrogen-bond donors (Lipinski definition) is 2. The molecule has 2 aliphatic rings. The number of hydrogen-bond acceptors (Lipinski definition) is 5. The minimum atomic E-state index is -0.862. The number of nitrogens with zero attached hydrogens (tertiary/aromatic N) is 1. The number of ether oxygens (including phenoxy) is 1. The van der Waals surface area contributed by atoms with Gasteiger partial charge in [0.2, 0.25) is 11.8 Å². The highest BCUT2D eigenvalue weighted by atomic mass is 16.5. The maximum atomic E-state index is 11.5. The van der Waals surface area contributed by atoms with Crippen molar-refractivity contribution in [3.05, 3.63) is 0 Å². The molecule has 2 rings (SSSR count). The third-order valence-corrected chi connectivity index (χ3v) is 3.53. The molecular formula is C12H18N2O5. The molecule has 1 unspecified atom stereocenters. The second kappa shape index (κ2) is 6.12. The summed E-state index contributed by atoms with van der Waals surface area (Å²) < 4.78 is 5.48. The Morgan fingerprint density at radius 3 is 2.58 bits per heavy atom. The van der Waals surface area contributed by atoms with E-state index < -0.39 is 5.97 Å². The lowest BCUT2D eigenvalue weighted by Crippen LogP contribution is -2.46. The Labute approximate surface area is 110 Å². The summed E-state index contributed by atoms with van der Waals surface area (Å²) in [5.74, 6) is -1.29. The summed E-state index contributed by atoms with van der Waals surface area (Å²) in [4.78, 5) is 35.0. The Balaban J connectivity index is 1.72. The molecule has 0 spiro atoms. The first kappa shape index (κ1) is 14.0. The summed E-state index contributed by atoms with van der Waals surface area (Å²) in [5.41, 5.74) is 0. The van der Waals surface area contributed by atoms with Gasteiger partial charge in [0.25, 0.3) is 0 Å². The lowest BCUT2D eigenvalue weighted by molar-refractivity contribution is -0.139. The molecule has 1 atom stereocenters. The Bertz CT molecular complexity index is 376. The van der Waals surface area contributed by atoms with E-state index in [1.165, 1.54) is 0 Å². The highest BCUT2D eigenvalue weighted by Crippen LogP contribution is 2.19. The average molecular weight is 270 g/mol. The zero-order chi connectivity index (χ0) is 13.8. The van der Waals surface area contributed by atoms with Gasteiger partial charge in [-0.25, -0.2) is 0 Å². The number of rotatable bonds is 5. The molecule has 2 N–H and O–H groups in total. The van der Waals surface area contributed by atoms with Crippen molar-refractivity contribution in [2.24, 2.45) is 0 Å². The molecule has 2 heterocycles. The van der Waals surface area contributed by atoms with Crippen LogP contribution in [0.2, 0.25) is 0 Å². The molecule has 2 amide bonds. The van der Waals surface area contributed by atoms with Gasteiger partial charge < -0.3 is 9.84 Å². The van der Waals surface area contributed by atoms with E-state index >= 15 is 0 Å². The number of carbonyl (C=O) groups is 3. The number of carbonyl (C=O) groups excluding carboxylic acids is 2. The van der Waals surface area contributed by atoms with Gasteiger partial charge in [-0.2, -0.15) is 0 Å². The SMILES string of the molecule is O=C(O)CCOC1CCN(C2CC(=O)NC2=O)CC1. The summed E-state index contributed by atoms with van der Waals surface area (Å²) in [6.45, 7) is 1.62. The lowest BCUT2D eigenvalue weighted by atomic mass is 10.0. The van der Waals surface area contributed by atoms with Gasteiger partial charge in [-0.3, -0.25) is 24.6 Å². The average Bonchev–Trinajstić information content (AvgIpc) is 2.69. The molecular weight excluding hydrogens is 252 g/mol. The molecule has 0 saturated carbocycles. The summed E-state index contributed by atoms with van der Waals surface area (Å²) in [5, 5.41) is 10.8. The summed E-state index contributed by atoms with van der Waals surface area (Å²) in [6.07, 6.45) is 1.83. The van der Waals surface area contributed by atoms with E-state index in [1.54, 1.807) is 0 Å². The normalized spacial score (nSPS) is 25.6. The summed E-state index contributed by atoms with van der Waals surface area (Å²) in [6, 6.07) is -0.340. The lowest BCUT2D eigenvalue weighted by Gasteiger charge is -2.34. The van der Waals surface area contributed by atoms with E-state index in [0.29, 0.717) is 13.1 Å². The zero-order valence-corrected chi connectivity index (χ0v) is 10.6. The van der Waals surface area contributed by atoms with E-state index in [4.69, 9.17) is 9.84 Å². The van der Waals surface area contributed by atoms with Crippen LogP contribution in [0.4, 0.5) is 0 Å². The van der Waals surface area contributed by atoms with Crippen LogP contribution in [0.5, 0.6) is 0 Å². The van der Waals surface area contributed by atoms with E-state index in [2.05, 4.69) is 5.32 Å². The number of carboxylic acids is 1. The van der Waals surface area contributed by atoms with E-state index in [-0.39, 0.29) is 43.4 Å². The third-order valence-electron chi connectivity index (χ3n) is 3.53. The van der Waals surface area contributed by atoms with Gasteiger partial charge in [0.15, 0.2) is 0 Å². The Kier molecular flexibility index (Phi) is 4.49. The van der Waals surface area contributed by atoms with Gasteiger partial charge in [-0.05, 0) is 12.8 Å². The maximum absolute atomic E-state index is 11.5. The fourth-order valence-electron chi connectivity index (χ4n) is 2.50. The highest BCUT2D eigenvalue weighted by molar-refractivity contribution is 6.05. The molecule has 0 aliphatic carbocycles. The molecule has 2 fully saturated rings.